The lowest BCUT2D eigenvalue weighted by atomic mass is 10.2. The number of anilines is 1. The van der Waals surface area contributed by atoms with E-state index in [0.29, 0.717) is 24.5 Å². The molecule has 1 N–H and O–H groups in total. The maximum absolute atomic E-state index is 13.0. The molecule has 0 unspecified atom stereocenters. The van der Waals surface area contributed by atoms with Crippen LogP contribution in [-0.2, 0) is 4.79 Å². The van der Waals surface area contributed by atoms with Gasteiger partial charge in [-0.05, 0) is 36.8 Å². The largest absolute Gasteiger partial charge is 0.492 e. The van der Waals surface area contributed by atoms with E-state index in [1.165, 1.54) is 12.1 Å². The Balaban J connectivity index is 1.58. The van der Waals surface area contributed by atoms with E-state index in [2.05, 4.69) is 5.32 Å². The van der Waals surface area contributed by atoms with E-state index in [-0.39, 0.29) is 11.7 Å². The van der Waals surface area contributed by atoms with Crippen LogP contribution in [-0.4, -0.2) is 24.0 Å². The minimum atomic E-state index is -0.356. The predicted molar refractivity (Wildman–Crippen MR) is 93.6 cm³/mol. The Labute approximate surface area is 140 Å². The molecule has 0 saturated carbocycles. The normalized spacial score (nSPS) is 10.3. The van der Waals surface area contributed by atoms with E-state index in [1.807, 2.05) is 31.2 Å². The number of hydrogen-bond donors (Lipinski definition) is 1. The number of carbonyl (C=O) groups is 1. The van der Waals surface area contributed by atoms with Crippen LogP contribution in [0.5, 0.6) is 5.75 Å². The zero-order valence-electron chi connectivity index (χ0n) is 13.0. The zero-order valence-corrected chi connectivity index (χ0v) is 13.9. The summed E-state index contributed by atoms with van der Waals surface area (Å²) >= 11 is 1.66. The van der Waals surface area contributed by atoms with Crippen LogP contribution >= 0.6 is 11.8 Å². The van der Waals surface area contributed by atoms with Gasteiger partial charge in [-0.15, -0.1) is 0 Å². The van der Waals surface area contributed by atoms with Crippen LogP contribution in [0.1, 0.15) is 12.0 Å². The van der Waals surface area contributed by atoms with Gasteiger partial charge >= 0.3 is 0 Å². The molecule has 0 heterocycles. The second kappa shape index (κ2) is 9.20. The molecule has 0 bridgehead atoms. The first-order chi connectivity index (χ1) is 11.1. The number of halogens is 1. The highest BCUT2D eigenvalue weighted by atomic mass is 32.2. The lowest BCUT2D eigenvalue weighted by Crippen LogP contribution is -2.12. The minimum Gasteiger partial charge on any atom is -0.492 e. The summed E-state index contributed by atoms with van der Waals surface area (Å²) in [6, 6.07) is 13.8. The van der Waals surface area contributed by atoms with Gasteiger partial charge in [-0.1, -0.05) is 24.3 Å². The lowest BCUT2D eigenvalue weighted by molar-refractivity contribution is -0.115. The molecule has 0 aromatic heterocycles. The molecule has 0 spiro atoms. The molecule has 2 rings (SSSR count). The maximum Gasteiger partial charge on any atom is 0.225 e. The number of para-hydroxylation sites is 1. The number of benzene rings is 2. The van der Waals surface area contributed by atoms with E-state index < -0.39 is 0 Å². The molecule has 0 aliphatic carbocycles. The van der Waals surface area contributed by atoms with Crippen molar-refractivity contribution in [3.63, 3.8) is 0 Å². The smallest absolute Gasteiger partial charge is 0.225 e. The average Bonchev–Trinajstić information content (AvgIpc) is 2.52. The highest BCUT2D eigenvalue weighted by molar-refractivity contribution is 7.99. The molecule has 2 aromatic rings. The van der Waals surface area contributed by atoms with E-state index in [4.69, 9.17) is 4.74 Å². The lowest BCUT2D eigenvalue weighted by Gasteiger charge is -2.08. The number of carbonyl (C=O) groups excluding carboxylic acids is 1. The molecule has 122 valence electrons. The Morgan fingerprint density at radius 3 is 2.78 bits per heavy atom. The SMILES string of the molecule is Cc1ccccc1OCCSCCC(=O)Nc1cccc(F)c1. The molecule has 0 atom stereocenters. The van der Waals surface area contributed by atoms with Gasteiger partial charge < -0.3 is 10.1 Å². The van der Waals surface area contributed by atoms with E-state index in [0.717, 1.165) is 17.1 Å². The summed E-state index contributed by atoms with van der Waals surface area (Å²) in [7, 11) is 0. The van der Waals surface area contributed by atoms with Crippen molar-refractivity contribution >= 4 is 23.4 Å². The summed E-state index contributed by atoms with van der Waals surface area (Å²) in [6.07, 6.45) is 0.394. The highest BCUT2D eigenvalue weighted by Crippen LogP contribution is 2.16. The summed E-state index contributed by atoms with van der Waals surface area (Å²) in [5.74, 6) is 1.96. The fourth-order valence-corrected chi connectivity index (χ4v) is 2.72. The van der Waals surface area contributed by atoms with Gasteiger partial charge in [0.1, 0.15) is 11.6 Å². The van der Waals surface area contributed by atoms with Gasteiger partial charge in [-0.25, -0.2) is 4.39 Å². The summed E-state index contributed by atoms with van der Waals surface area (Å²) in [5, 5.41) is 2.68. The number of thioether (sulfide) groups is 1. The van der Waals surface area contributed by atoms with E-state index >= 15 is 0 Å². The van der Waals surface area contributed by atoms with Crippen molar-refractivity contribution in [1.82, 2.24) is 0 Å². The molecule has 5 heteroatoms. The molecule has 2 aromatic carbocycles. The first-order valence-corrected chi connectivity index (χ1v) is 8.62. The standard InChI is InChI=1S/C18H20FNO2S/c1-14-5-2-3-8-17(14)22-10-12-23-11-9-18(21)20-16-7-4-6-15(19)13-16/h2-8,13H,9-12H2,1H3,(H,20,21). The number of rotatable bonds is 8. The second-order valence-corrected chi connectivity index (χ2v) is 6.26. The van der Waals surface area contributed by atoms with Crippen molar-refractivity contribution in [2.24, 2.45) is 0 Å². The Hall–Kier alpha value is -2.01. The molecule has 0 aliphatic heterocycles. The molecule has 0 fully saturated rings. The third-order valence-electron chi connectivity index (χ3n) is 3.16. The van der Waals surface area contributed by atoms with Crippen LogP contribution in [0.2, 0.25) is 0 Å². The van der Waals surface area contributed by atoms with E-state index in [9.17, 15) is 9.18 Å². The number of aryl methyl sites for hydroxylation is 1. The Kier molecular flexibility index (Phi) is 6.94. The van der Waals surface area contributed by atoms with Gasteiger partial charge in [-0.2, -0.15) is 11.8 Å². The predicted octanol–water partition coefficient (Wildman–Crippen LogP) is 4.27. The topological polar surface area (TPSA) is 38.3 Å². The molecule has 1 amide bonds. The molecular weight excluding hydrogens is 313 g/mol. The molecular formula is C18H20FNO2S. The van der Waals surface area contributed by atoms with Crippen LogP contribution in [0.4, 0.5) is 10.1 Å². The summed E-state index contributed by atoms with van der Waals surface area (Å²) in [6.45, 7) is 2.63. The zero-order chi connectivity index (χ0) is 16.5. The molecule has 0 saturated heterocycles. The highest BCUT2D eigenvalue weighted by Gasteiger charge is 2.03. The minimum absolute atomic E-state index is 0.108. The van der Waals surface area contributed by atoms with Crippen LogP contribution < -0.4 is 10.1 Å². The number of amides is 1. The number of ether oxygens (including phenoxy) is 1. The van der Waals surface area contributed by atoms with Gasteiger partial charge in [0.15, 0.2) is 0 Å². The fraction of sp³-hybridized carbons (Fsp3) is 0.278. The van der Waals surface area contributed by atoms with E-state index in [1.54, 1.807) is 23.9 Å². The van der Waals surface area contributed by atoms with Crippen molar-refractivity contribution in [3.05, 3.63) is 59.9 Å². The Morgan fingerprint density at radius 1 is 1.17 bits per heavy atom. The Morgan fingerprint density at radius 2 is 2.00 bits per heavy atom. The van der Waals surface area contributed by atoms with Crippen LogP contribution in [0, 0.1) is 12.7 Å². The third-order valence-corrected chi connectivity index (χ3v) is 4.11. The van der Waals surface area contributed by atoms with Gasteiger partial charge in [0, 0.05) is 23.6 Å². The molecule has 3 nitrogen and oxygen atoms in total. The van der Waals surface area contributed by atoms with Crippen LogP contribution in [0.25, 0.3) is 0 Å². The molecule has 23 heavy (non-hydrogen) atoms. The van der Waals surface area contributed by atoms with Crippen molar-refractivity contribution < 1.29 is 13.9 Å². The second-order valence-electron chi connectivity index (χ2n) is 5.03. The quantitative estimate of drug-likeness (QED) is 0.733. The van der Waals surface area contributed by atoms with Crippen LogP contribution in [0.3, 0.4) is 0 Å². The van der Waals surface area contributed by atoms with Crippen molar-refractivity contribution in [2.45, 2.75) is 13.3 Å². The van der Waals surface area contributed by atoms with Crippen LogP contribution in [0.15, 0.2) is 48.5 Å². The van der Waals surface area contributed by atoms with Gasteiger partial charge in [0.2, 0.25) is 5.91 Å². The summed E-state index contributed by atoms with van der Waals surface area (Å²) in [4.78, 5) is 11.7. The van der Waals surface area contributed by atoms with Gasteiger partial charge in [-0.3, -0.25) is 4.79 Å². The Bertz CT molecular complexity index is 648. The molecule has 0 radical (unpaired) electrons. The maximum atomic E-state index is 13.0. The van der Waals surface area contributed by atoms with Gasteiger partial charge in [0.25, 0.3) is 0 Å². The monoisotopic (exact) mass is 333 g/mol. The summed E-state index contributed by atoms with van der Waals surface area (Å²) in [5.41, 5.74) is 1.61. The molecule has 0 aliphatic rings. The van der Waals surface area contributed by atoms with Gasteiger partial charge in [0.05, 0.1) is 6.61 Å². The first kappa shape index (κ1) is 17.3. The first-order valence-electron chi connectivity index (χ1n) is 7.47. The average molecular weight is 333 g/mol. The van der Waals surface area contributed by atoms with Crippen molar-refractivity contribution in [1.29, 1.82) is 0 Å². The van der Waals surface area contributed by atoms with Crippen molar-refractivity contribution in [2.75, 3.05) is 23.4 Å². The van der Waals surface area contributed by atoms with Crippen molar-refractivity contribution in [3.8, 4) is 5.75 Å². The third kappa shape index (κ3) is 6.32. The number of hydrogen-bond acceptors (Lipinski definition) is 3. The summed E-state index contributed by atoms with van der Waals surface area (Å²) < 4.78 is 18.7. The fourth-order valence-electron chi connectivity index (χ4n) is 1.99. The number of nitrogens with one attached hydrogen (secondary N) is 1.